The van der Waals surface area contributed by atoms with Crippen LogP contribution in [0.4, 0.5) is 17.1 Å². The van der Waals surface area contributed by atoms with Crippen LogP contribution in [0.2, 0.25) is 0 Å². The van der Waals surface area contributed by atoms with Crippen molar-refractivity contribution in [3.8, 4) is 22.3 Å². The Morgan fingerprint density at radius 1 is 0.302 bits per heavy atom. The number of hydrogen-bond donors (Lipinski definition) is 0. The molecule has 202 valence electrons. The second-order valence-corrected chi connectivity index (χ2v) is 10.9. The third-order valence-corrected chi connectivity index (χ3v) is 8.43. The minimum Gasteiger partial charge on any atom is -0.309 e. The van der Waals surface area contributed by atoms with E-state index in [4.69, 9.17) is 0 Å². The van der Waals surface area contributed by atoms with Crippen molar-refractivity contribution < 1.29 is 0 Å². The van der Waals surface area contributed by atoms with Gasteiger partial charge in [0.05, 0.1) is 11.4 Å². The van der Waals surface area contributed by atoms with E-state index >= 15 is 0 Å². The van der Waals surface area contributed by atoms with Crippen molar-refractivity contribution in [3.05, 3.63) is 176 Å². The highest BCUT2D eigenvalue weighted by Gasteiger charge is 2.24. The van der Waals surface area contributed by atoms with Gasteiger partial charge in [0, 0.05) is 22.0 Å². The van der Waals surface area contributed by atoms with Crippen LogP contribution >= 0.6 is 0 Å². The standard InChI is InChI=1S/C42H29N/c1-3-14-30(15-4-1)31-26-28-34(29-27-31)43(40-25-13-19-32-16-7-8-20-35(32)40)42-39-24-12-10-22-37(39)36-21-9-11-23-38(36)41(42)33-17-5-2-6-18-33/h1-29H. The molecule has 8 aromatic carbocycles. The number of anilines is 3. The molecule has 0 aliphatic heterocycles. The van der Waals surface area contributed by atoms with E-state index in [1.54, 1.807) is 0 Å². The van der Waals surface area contributed by atoms with Crippen molar-refractivity contribution in [1.82, 2.24) is 0 Å². The highest BCUT2D eigenvalue weighted by Crippen LogP contribution is 2.50. The van der Waals surface area contributed by atoms with Gasteiger partial charge in [0.25, 0.3) is 0 Å². The van der Waals surface area contributed by atoms with E-state index in [-0.39, 0.29) is 0 Å². The van der Waals surface area contributed by atoms with Crippen LogP contribution in [0.25, 0.3) is 54.6 Å². The van der Waals surface area contributed by atoms with E-state index in [2.05, 4.69) is 181 Å². The highest BCUT2D eigenvalue weighted by molar-refractivity contribution is 6.23. The fourth-order valence-corrected chi connectivity index (χ4v) is 6.48. The third-order valence-electron chi connectivity index (χ3n) is 8.43. The number of rotatable bonds is 5. The second-order valence-electron chi connectivity index (χ2n) is 10.9. The third kappa shape index (κ3) is 4.34. The molecular formula is C42H29N. The Bertz CT molecular complexity index is 2210. The molecule has 0 saturated heterocycles. The first-order chi connectivity index (χ1) is 21.4. The molecule has 1 nitrogen and oxygen atoms in total. The Labute approximate surface area is 251 Å². The Balaban J connectivity index is 1.51. The van der Waals surface area contributed by atoms with E-state index in [9.17, 15) is 0 Å². The zero-order chi connectivity index (χ0) is 28.6. The minimum absolute atomic E-state index is 1.12. The molecule has 0 N–H and O–H groups in total. The zero-order valence-corrected chi connectivity index (χ0v) is 23.7. The maximum Gasteiger partial charge on any atom is 0.0625 e. The summed E-state index contributed by atoms with van der Waals surface area (Å²) in [6, 6.07) is 63.5. The van der Waals surface area contributed by atoms with Gasteiger partial charge in [-0.3, -0.25) is 0 Å². The lowest BCUT2D eigenvalue weighted by Crippen LogP contribution is -2.13. The van der Waals surface area contributed by atoms with E-state index < -0.39 is 0 Å². The van der Waals surface area contributed by atoms with E-state index in [1.165, 1.54) is 60.3 Å². The molecule has 8 aromatic rings. The van der Waals surface area contributed by atoms with Crippen LogP contribution in [0.1, 0.15) is 0 Å². The van der Waals surface area contributed by atoms with Gasteiger partial charge in [-0.2, -0.15) is 0 Å². The number of nitrogens with zero attached hydrogens (tertiary/aromatic N) is 1. The quantitative estimate of drug-likeness (QED) is 0.194. The van der Waals surface area contributed by atoms with Crippen LogP contribution in [-0.4, -0.2) is 0 Å². The fraction of sp³-hybridized carbons (Fsp3) is 0. The minimum atomic E-state index is 1.12. The Hall–Kier alpha value is -5.66. The van der Waals surface area contributed by atoms with Crippen molar-refractivity contribution in [2.24, 2.45) is 0 Å². The van der Waals surface area contributed by atoms with Gasteiger partial charge >= 0.3 is 0 Å². The second kappa shape index (κ2) is 10.6. The Morgan fingerprint density at radius 2 is 0.791 bits per heavy atom. The summed E-state index contributed by atoms with van der Waals surface area (Å²) >= 11 is 0. The molecule has 0 atom stereocenters. The first-order valence-corrected chi connectivity index (χ1v) is 14.8. The van der Waals surface area contributed by atoms with E-state index in [0.717, 1.165) is 11.4 Å². The van der Waals surface area contributed by atoms with Crippen LogP contribution in [0.5, 0.6) is 0 Å². The van der Waals surface area contributed by atoms with Gasteiger partial charge in [-0.15, -0.1) is 0 Å². The molecule has 0 saturated carbocycles. The molecule has 8 rings (SSSR count). The Morgan fingerprint density at radius 3 is 1.49 bits per heavy atom. The lowest BCUT2D eigenvalue weighted by atomic mass is 9.89. The smallest absolute Gasteiger partial charge is 0.0625 e. The molecular weight excluding hydrogens is 518 g/mol. The molecule has 0 heterocycles. The summed E-state index contributed by atoms with van der Waals surface area (Å²) in [5.74, 6) is 0. The van der Waals surface area contributed by atoms with Crippen LogP contribution in [0, 0.1) is 0 Å². The predicted octanol–water partition coefficient (Wildman–Crippen LogP) is 11.9. The average molecular weight is 548 g/mol. The summed E-state index contributed by atoms with van der Waals surface area (Å²) in [7, 11) is 0. The van der Waals surface area contributed by atoms with Crippen molar-refractivity contribution in [2.75, 3.05) is 4.90 Å². The summed E-state index contributed by atoms with van der Waals surface area (Å²) in [6.45, 7) is 0. The normalized spacial score (nSPS) is 11.3. The van der Waals surface area contributed by atoms with Gasteiger partial charge in [-0.05, 0) is 56.4 Å². The molecule has 0 amide bonds. The molecule has 0 unspecified atom stereocenters. The molecule has 0 radical (unpaired) electrons. The van der Waals surface area contributed by atoms with Crippen molar-refractivity contribution in [1.29, 1.82) is 0 Å². The van der Waals surface area contributed by atoms with Gasteiger partial charge in [-0.1, -0.05) is 158 Å². The van der Waals surface area contributed by atoms with Crippen molar-refractivity contribution >= 4 is 49.4 Å². The van der Waals surface area contributed by atoms with E-state index in [1.807, 2.05) is 0 Å². The summed E-state index contributed by atoms with van der Waals surface area (Å²) in [5, 5.41) is 7.41. The summed E-state index contributed by atoms with van der Waals surface area (Å²) in [5.41, 5.74) is 8.31. The van der Waals surface area contributed by atoms with Gasteiger partial charge in [0.15, 0.2) is 0 Å². The predicted molar refractivity (Wildman–Crippen MR) is 185 cm³/mol. The summed E-state index contributed by atoms with van der Waals surface area (Å²) in [6.07, 6.45) is 0. The maximum absolute atomic E-state index is 2.48. The highest BCUT2D eigenvalue weighted by atomic mass is 15.1. The lowest BCUT2D eigenvalue weighted by Gasteiger charge is -2.31. The Kier molecular flexibility index (Phi) is 6.20. The van der Waals surface area contributed by atoms with Crippen molar-refractivity contribution in [3.63, 3.8) is 0 Å². The average Bonchev–Trinajstić information content (AvgIpc) is 3.09. The number of hydrogen-bond acceptors (Lipinski definition) is 1. The van der Waals surface area contributed by atoms with Gasteiger partial charge < -0.3 is 4.90 Å². The van der Waals surface area contributed by atoms with Crippen molar-refractivity contribution in [2.45, 2.75) is 0 Å². The largest absolute Gasteiger partial charge is 0.309 e. The van der Waals surface area contributed by atoms with Gasteiger partial charge in [0.2, 0.25) is 0 Å². The van der Waals surface area contributed by atoms with Crippen LogP contribution in [-0.2, 0) is 0 Å². The van der Waals surface area contributed by atoms with Crippen LogP contribution in [0.3, 0.4) is 0 Å². The zero-order valence-electron chi connectivity index (χ0n) is 23.7. The molecule has 0 spiro atoms. The van der Waals surface area contributed by atoms with Crippen LogP contribution < -0.4 is 4.90 Å². The fourth-order valence-electron chi connectivity index (χ4n) is 6.48. The number of benzene rings is 8. The lowest BCUT2D eigenvalue weighted by molar-refractivity contribution is 1.32. The number of fused-ring (bicyclic) bond motifs is 4. The molecule has 43 heavy (non-hydrogen) atoms. The van der Waals surface area contributed by atoms with E-state index in [0.29, 0.717) is 0 Å². The molecule has 0 fully saturated rings. The van der Waals surface area contributed by atoms with Gasteiger partial charge in [-0.25, -0.2) is 0 Å². The first-order valence-electron chi connectivity index (χ1n) is 14.8. The van der Waals surface area contributed by atoms with Gasteiger partial charge in [0.1, 0.15) is 0 Å². The topological polar surface area (TPSA) is 3.24 Å². The maximum atomic E-state index is 2.48. The molecule has 0 aliphatic carbocycles. The summed E-state index contributed by atoms with van der Waals surface area (Å²) < 4.78 is 0. The van der Waals surface area contributed by atoms with Crippen LogP contribution in [0.15, 0.2) is 176 Å². The summed E-state index contributed by atoms with van der Waals surface area (Å²) in [4.78, 5) is 2.48. The monoisotopic (exact) mass is 547 g/mol. The SMILES string of the molecule is c1ccc(-c2ccc(N(c3cccc4ccccc34)c3c(-c4ccccc4)c4ccccc4c4ccccc34)cc2)cc1. The molecule has 0 aromatic heterocycles. The molecule has 1 heteroatoms. The molecule has 0 bridgehead atoms. The molecule has 0 aliphatic rings. The first kappa shape index (κ1) is 25.1.